The topological polar surface area (TPSA) is 119 Å². The van der Waals surface area contributed by atoms with E-state index in [1.807, 2.05) is 0 Å². The van der Waals surface area contributed by atoms with Crippen LogP contribution < -0.4 is 19.6 Å². The smallest absolute Gasteiger partial charge is 0.387 e. The second kappa shape index (κ2) is 7.86. The van der Waals surface area contributed by atoms with Gasteiger partial charge in [-0.05, 0) is 37.0 Å². The Bertz CT molecular complexity index is 1200. The first-order valence-electron chi connectivity index (χ1n) is 9.30. The number of aromatic hydroxyl groups is 3. The predicted molar refractivity (Wildman–Crippen MR) is 104 cm³/mol. The standard InChI is InChI=1S/C21H18F2O8/c1-28-20-11(24)7-14-15(17(20)26)16(25)18(27)19(30-14)10-4-5-12(31-21(22)23)13(6-10)29-8-9-2-3-9/h4-7,9,21,24,26-27H,2-3,8H2,1H3. The third kappa shape index (κ3) is 3.88. The summed E-state index contributed by atoms with van der Waals surface area (Å²) in [4.78, 5) is 12.7. The number of fused-ring (bicyclic) bond motifs is 1. The van der Waals surface area contributed by atoms with Crippen molar-refractivity contribution in [1.29, 1.82) is 0 Å². The molecule has 0 radical (unpaired) electrons. The number of alkyl halides is 2. The first kappa shape index (κ1) is 20.6. The molecule has 1 aliphatic rings. The molecule has 1 aliphatic carbocycles. The van der Waals surface area contributed by atoms with Crippen LogP contribution >= 0.6 is 0 Å². The van der Waals surface area contributed by atoms with Crippen LogP contribution in [0.1, 0.15) is 12.8 Å². The van der Waals surface area contributed by atoms with Crippen molar-refractivity contribution in [1.82, 2.24) is 0 Å². The van der Waals surface area contributed by atoms with Crippen LogP contribution in [0.4, 0.5) is 8.78 Å². The molecule has 0 atom stereocenters. The molecule has 1 saturated carbocycles. The molecule has 0 aliphatic heterocycles. The maximum atomic E-state index is 12.7. The van der Waals surface area contributed by atoms with E-state index in [0.717, 1.165) is 18.9 Å². The minimum atomic E-state index is -3.07. The maximum Gasteiger partial charge on any atom is 0.387 e. The fourth-order valence-corrected chi connectivity index (χ4v) is 3.14. The maximum absolute atomic E-state index is 12.7. The van der Waals surface area contributed by atoms with Crippen molar-refractivity contribution >= 4 is 11.0 Å². The van der Waals surface area contributed by atoms with Crippen LogP contribution in [0.2, 0.25) is 0 Å². The largest absolute Gasteiger partial charge is 0.504 e. The molecule has 0 spiro atoms. The van der Waals surface area contributed by atoms with Gasteiger partial charge in [-0.25, -0.2) is 0 Å². The first-order valence-corrected chi connectivity index (χ1v) is 9.30. The van der Waals surface area contributed by atoms with Crippen molar-refractivity contribution in [2.45, 2.75) is 19.5 Å². The molecule has 1 heterocycles. The highest BCUT2D eigenvalue weighted by Crippen LogP contribution is 2.44. The average Bonchev–Trinajstić information content (AvgIpc) is 3.54. The van der Waals surface area contributed by atoms with Crippen molar-refractivity contribution in [3.63, 3.8) is 0 Å². The number of benzene rings is 2. The van der Waals surface area contributed by atoms with E-state index in [1.165, 1.54) is 25.3 Å². The Labute approximate surface area is 173 Å². The van der Waals surface area contributed by atoms with E-state index in [0.29, 0.717) is 12.5 Å². The van der Waals surface area contributed by atoms with Crippen LogP contribution in [0.5, 0.6) is 34.5 Å². The highest BCUT2D eigenvalue weighted by atomic mass is 19.3. The quantitative estimate of drug-likeness (QED) is 0.509. The van der Waals surface area contributed by atoms with Crippen LogP contribution in [0.15, 0.2) is 33.5 Å². The van der Waals surface area contributed by atoms with E-state index < -0.39 is 34.7 Å². The Hall–Kier alpha value is -3.69. The number of rotatable bonds is 7. The van der Waals surface area contributed by atoms with E-state index in [4.69, 9.17) is 13.9 Å². The SMILES string of the molecule is COc1c(O)cc2oc(-c3ccc(OC(F)F)c(OCC4CC4)c3)c(O)c(=O)c2c1O. The summed E-state index contributed by atoms with van der Waals surface area (Å²) in [6.45, 7) is -2.76. The number of phenols is 2. The van der Waals surface area contributed by atoms with Crippen molar-refractivity contribution < 1.29 is 42.7 Å². The fourth-order valence-electron chi connectivity index (χ4n) is 3.14. The predicted octanol–water partition coefficient (Wildman–Crippen LogP) is 3.98. The zero-order chi connectivity index (χ0) is 22.3. The van der Waals surface area contributed by atoms with Gasteiger partial charge in [-0.2, -0.15) is 8.78 Å². The van der Waals surface area contributed by atoms with Gasteiger partial charge < -0.3 is 33.9 Å². The Morgan fingerprint density at radius 2 is 1.87 bits per heavy atom. The van der Waals surface area contributed by atoms with Gasteiger partial charge in [0.1, 0.15) is 11.0 Å². The van der Waals surface area contributed by atoms with Crippen LogP contribution in [-0.2, 0) is 0 Å². The third-order valence-corrected chi connectivity index (χ3v) is 4.87. The molecular weight excluding hydrogens is 418 g/mol. The lowest BCUT2D eigenvalue weighted by molar-refractivity contribution is -0.0515. The molecule has 0 bridgehead atoms. The summed E-state index contributed by atoms with van der Waals surface area (Å²) < 4.78 is 45.9. The molecule has 2 aromatic carbocycles. The highest BCUT2D eigenvalue weighted by molar-refractivity contribution is 5.91. The van der Waals surface area contributed by atoms with Gasteiger partial charge in [0, 0.05) is 11.6 Å². The fraction of sp³-hybridized carbons (Fsp3) is 0.286. The van der Waals surface area contributed by atoms with Gasteiger partial charge >= 0.3 is 6.61 Å². The third-order valence-electron chi connectivity index (χ3n) is 4.87. The van der Waals surface area contributed by atoms with Crippen LogP contribution in [0, 0.1) is 5.92 Å². The van der Waals surface area contributed by atoms with Crippen LogP contribution in [-0.4, -0.2) is 35.6 Å². The molecule has 0 unspecified atom stereocenters. The van der Waals surface area contributed by atoms with Gasteiger partial charge in [-0.1, -0.05) is 0 Å². The molecule has 3 N–H and O–H groups in total. The Morgan fingerprint density at radius 3 is 2.52 bits per heavy atom. The molecule has 0 amide bonds. The van der Waals surface area contributed by atoms with Crippen molar-refractivity contribution in [2.75, 3.05) is 13.7 Å². The van der Waals surface area contributed by atoms with Gasteiger partial charge in [0.15, 0.2) is 28.8 Å². The summed E-state index contributed by atoms with van der Waals surface area (Å²) in [5.41, 5.74) is -1.05. The Balaban J connectivity index is 1.84. The number of hydrogen-bond acceptors (Lipinski definition) is 8. The lowest BCUT2D eigenvalue weighted by atomic mass is 10.1. The van der Waals surface area contributed by atoms with E-state index >= 15 is 0 Å². The van der Waals surface area contributed by atoms with Gasteiger partial charge in [-0.15, -0.1) is 0 Å². The number of halogens is 2. The number of hydrogen-bond donors (Lipinski definition) is 3. The zero-order valence-corrected chi connectivity index (χ0v) is 16.2. The molecule has 1 fully saturated rings. The molecule has 4 rings (SSSR count). The summed E-state index contributed by atoms with van der Waals surface area (Å²) in [5, 5.41) is 30.2. The second-order valence-corrected chi connectivity index (χ2v) is 7.05. The number of methoxy groups -OCH3 is 1. The van der Waals surface area contributed by atoms with Crippen molar-refractivity contribution in [3.05, 3.63) is 34.5 Å². The lowest BCUT2D eigenvalue weighted by Crippen LogP contribution is -2.07. The van der Waals surface area contributed by atoms with Crippen molar-refractivity contribution in [3.8, 4) is 45.8 Å². The Kier molecular flexibility index (Phi) is 5.22. The molecule has 3 aromatic rings. The van der Waals surface area contributed by atoms with Crippen molar-refractivity contribution in [2.24, 2.45) is 5.92 Å². The molecular formula is C21H18F2O8. The minimum Gasteiger partial charge on any atom is -0.504 e. The molecule has 0 saturated heterocycles. The van der Waals surface area contributed by atoms with Crippen LogP contribution in [0.3, 0.4) is 0 Å². The van der Waals surface area contributed by atoms with Gasteiger partial charge in [0.05, 0.1) is 13.7 Å². The second-order valence-electron chi connectivity index (χ2n) is 7.05. The van der Waals surface area contributed by atoms with Gasteiger partial charge in [0.25, 0.3) is 0 Å². The normalized spacial score (nSPS) is 13.5. The zero-order valence-electron chi connectivity index (χ0n) is 16.2. The highest BCUT2D eigenvalue weighted by Gasteiger charge is 2.25. The van der Waals surface area contributed by atoms with Gasteiger partial charge in [-0.3, -0.25) is 4.79 Å². The van der Waals surface area contributed by atoms with Gasteiger partial charge in [0.2, 0.25) is 16.9 Å². The summed E-state index contributed by atoms with van der Waals surface area (Å²) >= 11 is 0. The summed E-state index contributed by atoms with van der Waals surface area (Å²) in [6, 6.07) is 4.86. The summed E-state index contributed by atoms with van der Waals surface area (Å²) in [6.07, 6.45) is 1.95. The molecule has 8 nitrogen and oxygen atoms in total. The summed E-state index contributed by atoms with van der Waals surface area (Å²) in [7, 11) is 1.18. The molecule has 1 aromatic heterocycles. The van der Waals surface area contributed by atoms with E-state index in [-0.39, 0.29) is 34.2 Å². The minimum absolute atomic E-state index is 0.00716. The summed E-state index contributed by atoms with van der Waals surface area (Å²) in [5.74, 6) is -2.54. The number of ether oxygens (including phenoxy) is 3. The monoisotopic (exact) mass is 436 g/mol. The van der Waals surface area contributed by atoms with E-state index in [2.05, 4.69) is 4.74 Å². The first-order chi connectivity index (χ1) is 14.8. The Morgan fingerprint density at radius 1 is 1.13 bits per heavy atom. The lowest BCUT2D eigenvalue weighted by Gasteiger charge is -2.14. The van der Waals surface area contributed by atoms with E-state index in [1.54, 1.807) is 0 Å². The molecule has 31 heavy (non-hydrogen) atoms. The van der Waals surface area contributed by atoms with Crippen LogP contribution in [0.25, 0.3) is 22.3 Å². The molecule has 164 valence electrons. The number of phenolic OH excluding ortho intramolecular Hbond substituents is 2. The molecule has 10 heteroatoms. The van der Waals surface area contributed by atoms with E-state index in [9.17, 15) is 28.9 Å². The average molecular weight is 436 g/mol.